The van der Waals surface area contributed by atoms with Crippen molar-refractivity contribution in [2.75, 3.05) is 11.4 Å². The van der Waals surface area contributed by atoms with Crippen LogP contribution in [-0.4, -0.2) is 17.4 Å². The van der Waals surface area contributed by atoms with Crippen molar-refractivity contribution in [3.05, 3.63) is 71.2 Å². The number of amides is 1. The summed E-state index contributed by atoms with van der Waals surface area (Å²) in [5.41, 5.74) is 1.97. The van der Waals surface area contributed by atoms with Gasteiger partial charge in [0.15, 0.2) is 0 Å². The number of halogens is 2. The van der Waals surface area contributed by atoms with Crippen LogP contribution in [0.4, 0.5) is 14.5 Å². The summed E-state index contributed by atoms with van der Waals surface area (Å²) in [6.45, 7) is 2.34. The minimum absolute atomic E-state index is 0.120. The summed E-state index contributed by atoms with van der Waals surface area (Å²) in [5, 5.41) is 2.48. The van der Waals surface area contributed by atoms with Gasteiger partial charge in [-0.25, -0.2) is 13.8 Å². The number of anilines is 1. The van der Waals surface area contributed by atoms with Crippen molar-refractivity contribution in [2.24, 2.45) is 0 Å². The Kier molecular flexibility index (Phi) is 5.19. The zero-order chi connectivity index (χ0) is 17.8. The van der Waals surface area contributed by atoms with Crippen LogP contribution in [0.2, 0.25) is 0 Å². The molecule has 0 saturated heterocycles. The maximum atomic E-state index is 13.3. The van der Waals surface area contributed by atoms with E-state index in [0.29, 0.717) is 28.5 Å². The topological polar surface area (TPSA) is 33.2 Å². The summed E-state index contributed by atoms with van der Waals surface area (Å²) < 4.78 is 26.4. The summed E-state index contributed by atoms with van der Waals surface area (Å²) in [6.07, 6.45) is 0.136. The molecule has 0 saturated carbocycles. The number of carbonyl (C=O) groups excluding carboxylic acids is 1. The van der Waals surface area contributed by atoms with E-state index >= 15 is 0 Å². The molecule has 6 heteroatoms. The molecular weight excluding hydrogens is 342 g/mol. The average molecular weight is 358 g/mol. The SMILES string of the molecule is CCN(C(=O)Cc1csc(-c2cccc(F)c2)n1)c1ccc(F)cc1. The van der Waals surface area contributed by atoms with Gasteiger partial charge in [-0.05, 0) is 43.3 Å². The Morgan fingerprint density at radius 1 is 1.12 bits per heavy atom. The number of hydrogen-bond donors (Lipinski definition) is 0. The molecular formula is C19H16F2N2OS. The smallest absolute Gasteiger partial charge is 0.233 e. The molecule has 128 valence electrons. The first-order chi connectivity index (χ1) is 12.1. The highest BCUT2D eigenvalue weighted by Crippen LogP contribution is 2.25. The van der Waals surface area contributed by atoms with E-state index in [1.807, 2.05) is 6.92 Å². The number of aromatic nitrogens is 1. The summed E-state index contributed by atoms with van der Waals surface area (Å²) in [6, 6.07) is 12.0. The second-order valence-corrected chi connectivity index (χ2v) is 6.30. The second-order valence-electron chi connectivity index (χ2n) is 5.45. The van der Waals surface area contributed by atoms with Gasteiger partial charge in [-0.15, -0.1) is 11.3 Å². The molecule has 0 atom stereocenters. The number of nitrogens with zero attached hydrogens (tertiary/aromatic N) is 2. The van der Waals surface area contributed by atoms with Gasteiger partial charge >= 0.3 is 0 Å². The van der Waals surface area contributed by atoms with Gasteiger partial charge in [0.2, 0.25) is 5.91 Å². The zero-order valence-corrected chi connectivity index (χ0v) is 14.4. The molecule has 0 unspecified atom stereocenters. The van der Waals surface area contributed by atoms with Gasteiger partial charge in [0, 0.05) is 23.2 Å². The van der Waals surface area contributed by atoms with E-state index in [4.69, 9.17) is 0 Å². The summed E-state index contributed by atoms with van der Waals surface area (Å²) in [4.78, 5) is 18.6. The van der Waals surface area contributed by atoms with Gasteiger partial charge in [0.1, 0.15) is 16.6 Å². The Balaban J connectivity index is 1.75. The third-order valence-corrected chi connectivity index (χ3v) is 4.65. The summed E-state index contributed by atoms with van der Waals surface area (Å²) in [7, 11) is 0. The largest absolute Gasteiger partial charge is 0.312 e. The molecule has 0 aliphatic heterocycles. The fourth-order valence-electron chi connectivity index (χ4n) is 2.52. The average Bonchev–Trinajstić information content (AvgIpc) is 3.06. The van der Waals surface area contributed by atoms with Crippen molar-refractivity contribution in [3.8, 4) is 10.6 Å². The van der Waals surface area contributed by atoms with Crippen molar-refractivity contribution in [2.45, 2.75) is 13.3 Å². The summed E-state index contributed by atoms with van der Waals surface area (Å²) in [5.74, 6) is -0.782. The zero-order valence-electron chi connectivity index (χ0n) is 13.6. The van der Waals surface area contributed by atoms with Crippen molar-refractivity contribution in [1.82, 2.24) is 4.98 Å². The Labute approximate surface area is 148 Å². The van der Waals surface area contributed by atoms with E-state index in [1.54, 1.807) is 34.5 Å². The number of carbonyl (C=O) groups is 1. The van der Waals surface area contributed by atoms with E-state index in [1.165, 1.54) is 35.6 Å². The lowest BCUT2D eigenvalue weighted by atomic mass is 10.2. The lowest BCUT2D eigenvalue weighted by molar-refractivity contribution is -0.118. The van der Waals surface area contributed by atoms with E-state index in [9.17, 15) is 13.6 Å². The van der Waals surface area contributed by atoms with E-state index in [0.717, 1.165) is 0 Å². The Hall–Kier alpha value is -2.60. The molecule has 1 heterocycles. The van der Waals surface area contributed by atoms with Crippen LogP contribution in [0.5, 0.6) is 0 Å². The third-order valence-electron chi connectivity index (χ3n) is 3.71. The molecule has 0 N–H and O–H groups in total. The molecule has 1 aromatic heterocycles. The van der Waals surface area contributed by atoms with Gasteiger partial charge in [-0.1, -0.05) is 12.1 Å². The monoisotopic (exact) mass is 358 g/mol. The number of rotatable bonds is 5. The van der Waals surface area contributed by atoms with Crippen LogP contribution in [0.3, 0.4) is 0 Å². The van der Waals surface area contributed by atoms with Crippen LogP contribution in [0.25, 0.3) is 10.6 Å². The molecule has 0 radical (unpaired) electrons. The van der Waals surface area contributed by atoms with Crippen molar-refractivity contribution in [1.29, 1.82) is 0 Å². The minimum atomic E-state index is -0.341. The maximum Gasteiger partial charge on any atom is 0.233 e. The van der Waals surface area contributed by atoms with Crippen molar-refractivity contribution < 1.29 is 13.6 Å². The molecule has 0 spiro atoms. The first-order valence-electron chi connectivity index (χ1n) is 7.83. The molecule has 3 nitrogen and oxygen atoms in total. The van der Waals surface area contributed by atoms with Crippen LogP contribution in [0.15, 0.2) is 53.9 Å². The molecule has 0 fully saturated rings. The van der Waals surface area contributed by atoms with Crippen LogP contribution in [0, 0.1) is 11.6 Å². The fraction of sp³-hybridized carbons (Fsp3) is 0.158. The first kappa shape index (κ1) is 17.2. The highest BCUT2D eigenvalue weighted by atomic mass is 32.1. The van der Waals surface area contributed by atoms with Gasteiger partial charge in [-0.2, -0.15) is 0 Å². The number of benzene rings is 2. The van der Waals surface area contributed by atoms with Crippen LogP contribution in [-0.2, 0) is 11.2 Å². The Morgan fingerprint density at radius 2 is 1.88 bits per heavy atom. The number of hydrogen-bond acceptors (Lipinski definition) is 3. The molecule has 3 rings (SSSR count). The Bertz CT molecular complexity index is 877. The molecule has 0 bridgehead atoms. The molecule has 2 aromatic carbocycles. The highest BCUT2D eigenvalue weighted by molar-refractivity contribution is 7.13. The first-order valence-corrected chi connectivity index (χ1v) is 8.71. The molecule has 1 amide bonds. The second kappa shape index (κ2) is 7.53. The van der Waals surface area contributed by atoms with Crippen LogP contribution < -0.4 is 4.90 Å². The maximum absolute atomic E-state index is 13.3. The Morgan fingerprint density at radius 3 is 2.56 bits per heavy atom. The molecule has 0 aliphatic rings. The van der Waals surface area contributed by atoms with Crippen LogP contribution >= 0.6 is 11.3 Å². The number of thiazole rings is 1. The minimum Gasteiger partial charge on any atom is -0.312 e. The lowest BCUT2D eigenvalue weighted by Crippen LogP contribution is -2.32. The molecule has 3 aromatic rings. The highest BCUT2D eigenvalue weighted by Gasteiger charge is 2.16. The van der Waals surface area contributed by atoms with E-state index in [2.05, 4.69) is 4.98 Å². The fourth-order valence-corrected chi connectivity index (χ4v) is 3.33. The number of likely N-dealkylation sites (N-methyl/N-ethyl adjacent to an activating group) is 1. The quantitative estimate of drug-likeness (QED) is 0.663. The van der Waals surface area contributed by atoms with Crippen molar-refractivity contribution >= 4 is 22.9 Å². The lowest BCUT2D eigenvalue weighted by Gasteiger charge is -2.20. The standard InChI is InChI=1S/C19H16F2N2OS/c1-2-23(17-8-6-14(20)7-9-17)18(24)11-16-12-25-19(22-16)13-4-3-5-15(21)10-13/h3-10,12H,2,11H2,1H3. The van der Waals surface area contributed by atoms with Gasteiger partial charge < -0.3 is 4.90 Å². The normalized spacial score (nSPS) is 10.7. The van der Waals surface area contributed by atoms with Crippen molar-refractivity contribution in [3.63, 3.8) is 0 Å². The van der Waals surface area contributed by atoms with Gasteiger partial charge in [0.25, 0.3) is 0 Å². The van der Waals surface area contributed by atoms with Gasteiger partial charge in [0.05, 0.1) is 12.1 Å². The third kappa shape index (κ3) is 4.09. The van der Waals surface area contributed by atoms with Gasteiger partial charge in [-0.3, -0.25) is 4.79 Å². The van der Waals surface area contributed by atoms with E-state index in [-0.39, 0.29) is 24.0 Å². The van der Waals surface area contributed by atoms with E-state index < -0.39 is 0 Å². The predicted molar refractivity (Wildman–Crippen MR) is 95.6 cm³/mol. The predicted octanol–water partition coefficient (Wildman–Crippen LogP) is 4.68. The summed E-state index contributed by atoms with van der Waals surface area (Å²) >= 11 is 1.37. The van der Waals surface area contributed by atoms with Crippen LogP contribution in [0.1, 0.15) is 12.6 Å². The molecule has 0 aliphatic carbocycles. The molecule has 25 heavy (non-hydrogen) atoms.